The van der Waals surface area contributed by atoms with Crippen LogP contribution in [0, 0.1) is 13.8 Å². The molecule has 0 bridgehead atoms. The number of rotatable bonds is 7. The number of hydrogen-bond acceptors (Lipinski definition) is 2. The van der Waals surface area contributed by atoms with Crippen molar-refractivity contribution in [3.63, 3.8) is 0 Å². The molecule has 3 nitrogen and oxygen atoms in total. The van der Waals surface area contributed by atoms with Crippen molar-refractivity contribution in [1.82, 2.24) is 0 Å². The molecule has 2 rings (SSSR count). The summed E-state index contributed by atoms with van der Waals surface area (Å²) in [5.41, 5.74) is 4.26. The molecule has 2 aromatic carbocycles. The smallest absolute Gasteiger partial charge is 0.262 e. The molecule has 3 heteroatoms. The van der Waals surface area contributed by atoms with Gasteiger partial charge in [-0.15, -0.1) is 0 Å². The molecule has 0 aliphatic carbocycles. The Kier molecular flexibility index (Phi) is 6.21. The molecule has 0 atom stereocenters. The largest absolute Gasteiger partial charge is 0.483 e. The van der Waals surface area contributed by atoms with E-state index in [1.54, 1.807) is 0 Å². The Hall–Kier alpha value is -2.29. The number of ether oxygens (including phenoxy) is 1. The van der Waals surface area contributed by atoms with Crippen LogP contribution in [0.5, 0.6) is 5.75 Å². The van der Waals surface area contributed by atoms with Crippen LogP contribution in [0.25, 0.3) is 0 Å². The van der Waals surface area contributed by atoms with Crippen molar-refractivity contribution >= 4 is 11.6 Å². The summed E-state index contributed by atoms with van der Waals surface area (Å²) in [5, 5.41) is 2.87. The van der Waals surface area contributed by atoms with Crippen LogP contribution in [-0.4, -0.2) is 12.5 Å². The summed E-state index contributed by atoms with van der Waals surface area (Å²) in [5.74, 6) is 0.613. The summed E-state index contributed by atoms with van der Waals surface area (Å²) in [4.78, 5) is 12.0. The fourth-order valence-electron chi connectivity index (χ4n) is 2.34. The molecule has 0 aliphatic rings. The van der Waals surface area contributed by atoms with E-state index in [0.29, 0.717) is 0 Å². The van der Waals surface area contributed by atoms with E-state index < -0.39 is 0 Å². The summed E-state index contributed by atoms with van der Waals surface area (Å²) < 4.78 is 5.62. The molecule has 0 radical (unpaired) electrons. The van der Waals surface area contributed by atoms with Crippen molar-refractivity contribution in [2.45, 2.75) is 40.0 Å². The highest BCUT2D eigenvalue weighted by Gasteiger charge is 2.06. The number of carbonyl (C=O) groups excluding carboxylic acids is 1. The zero-order chi connectivity index (χ0) is 16.7. The van der Waals surface area contributed by atoms with Crippen molar-refractivity contribution in [1.29, 1.82) is 0 Å². The van der Waals surface area contributed by atoms with Crippen LogP contribution in [-0.2, 0) is 11.2 Å². The van der Waals surface area contributed by atoms with Crippen LogP contribution in [0.4, 0.5) is 5.69 Å². The third kappa shape index (κ3) is 5.44. The van der Waals surface area contributed by atoms with Crippen LogP contribution >= 0.6 is 0 Å². The molecule has 0 aromatic heterocycles. The second-order valence-corrected chi connectivity index (χ2v) is 5.91. The van der Waals surface area contributed by atoms with Crippen molar-refractivity contribution in [2.24, 2.45) is 0 Å². The molecule has 0 unspecified atom stereocenters. The average molecular weight is 311 g/mol. The van der Waals surface area contributed by atoms with Crippen molar-refractivity contribution in [3.05, 3.63) is 59.2 Å². The highest BCUT2D eigenvalue weighted by atomic mass is 16.5. The lowest BCUT2D eigenvalue weighted by Crippen LogP contribution is -2.20. The molecule has 0 aliphatic heterocycles. The van der Waals surface area contributed by atoms with Gasteiger partial charge >= 0.3 is 0 Å². The Balaban J connectivity index is 1.85. The zero-order valence-corrected chi connectivity index (χ0v) is 14.2. The molecular weight excluding hydrogens is 286 g/mol. The first kappa shape index (κ1) is 17.1. The van der Waals surface area contributed by atoms with Gasteiger partial charge in [0.25, 0.3) is 5.91 Å². The van der Waals surface area contributed by atoms with Crippen molar-refractivity contribution in [3.8, 4) is 5.75 Å². The Morgan fingerprint density at radius 1 is 1.09 bits per heavy atom. The van der Waals surface area contributed by atoms with E-state index in [4.69, 9.17) is 4.74 Å². The Morgan fingerprint density at radius 3 is 2.52 bits per heavy atom. The third-order valence-electron chi connectivity index (χ3n) is 3.76. The number of hydrogen-bond donors (Lipinski definition) is 1. The first-order chi connectivity index (χ1) is 11.1. The van der Waals surface area contributed by atoms with Crippen LogP contribution < -0.4 is 10.1 Å². The van der Waals surface area contributed by atoms with Crippen LogP contribution in [0.3, 0.4) is 0 Å². The van der Waals surface area contributed by atoms with Crippen LogP contribution in [0.2, 0.25) is 0 Å². The number of anilines is 1. The normalized spacial score (nSPS) is 10.4. The van der Waals surface area contributed by atoms with Gasteiger partial charge in [-0.2, -0.15) is 0 Å². The molecule has 0 spiro atoms. The first-order valence-corrected chi connectivity index (χ1v) is 8.17. The minimum atomic E-state index is -0.146. The Bertz CT molecular complexity index is 647. The number of aryl methyl sites for hydroxylation is 3. The zero-order valence-electron chi connectivity index (χ0n) is 14.2. The van der Waals surface area contributed by atoms with E-state index in [0.717, 1.165) is 29.0 Å². The molecule has 0 saturated carbocycles. The lowest BCUT2D eigenvalue weighted by molar-refractivity contribution is -0.118. The standard InChI is InChI=1S/C20H25NO2/c1-4-5-6-17-9-11-18(12-10-17)21-20(22)14-23-19-13-15(2)7-8-16(19)3/h7-13H,4-6,14H2,1-3H3,(H,21,22). The quantitative estimate of drug-likeness (QED) is 0.807. The van der Waals surface area contributed by atoms with E-state index in [1.165, 1.54) is 18.4 Å². The highest BCUT2D eigenvalue weighted by molar-refractivity contribution is 5.91. The molecule has 2 aromatic rings. The summed E-state index contributed by atoms with van der Waals surface area (Å²) in [6.45, 7) is 6.18. The number of nitrogens with one attached hydrogen (secondary N) is 1. The third-order valence-corrected chi connectivity index (χ3v) is 3.76. The lowest BCUT2D eigenvalue weighted by Gasteiger charge is -2.10. The van der Waals surface area contributed by atoms with Gasteiger partial charge in [-0.05, 0) is 61.6 Å². The number of benzene rings is 2. The van der Waals surface area contributed by atoms with Gasteiger partial charge in [0.1, 0.15) is 5.75 Å². The molecular formula is C20H25NO2. The fourth-order valence-corrected chi connectivity index (χ4v) is 2.34. The number of carbonyl (C=O) groups is 1. The summed E-state index contributed by atoms with van der Waals surface area (Å²) >= 11 is 0. The second-order valence-electron chi connectivity index (χ2n) is 5.91. The molecule has 23 heavy (non-hydrogen) atoms. The van der Waals surface area contributed by atoms with E-state index in [2.05, 4.69) is 24.4 Å². The SMILES string of the molecule is CCCCc1ccc(NC(=O)COc2cc(C)ccc2C)cc1. The Morgan fingerprint density at radius 2 is 1.83 bits per heavy atom. The summed E-state index contributed by atoms with van der Waals surface area (Å²) in [6, 6.07) is 14.0. The molecule has 122 valence electrons. The van der Waals surface area contributed by atoms with Crippen molar-refractivity contribution in [2.75, 3.05) is 11.9 Å². The topological polar surface area (TPSA) is 38.3 Å². The number of unbranched alkanes of at least 4 members (excludes halogenated alkanes) is 1. The van der Waals surface area contributed by atoms with Gasteiger partial charge in [0.05, 0.1) is 0 Å². The van der Waals surface area contributed by atoms with Gasteiger partial charge in [-0.1, -0.05) is 37.6 Å². The predicted octanol–water partition coefficient (Wildman–Crippen LogP) is 4.66. The van der Waals surface area contributed by atoms with Crippen LogP contribution in [0.15, 0.2) is 42.5 Å². The highest BCUT2D eigenvalue weighted by Crippen LogP contribution is 2.19. The summed E-state index contributed by atoms with van der Waals surface area (Å²) in [6.07, 6.45) is 3.46. The predicted molar refractivity (Wildman–Crippen MR) is 95.1 cm³/mol. The van der Waals surface area contributed by atoms with Gasteiger partial charge in [0.15, 0.2) is 6.61 Å². The second kappa shape index (κ2) is 8.37. The monoisotopic (exact) mass is 311 g/mol. The van der Waals surface area contributed by atoms with Gasteiger partial charge < -0.3 is 10.1 Å². The minimum absolute atomic E-state index is 0.0158. The lowest BCUT2D eigenvalue weighted by atomic mass is 10.1. The van der Waals surface area contributed by atoms with Gasteiger partial charge in [-0.3, -0.25) is 4.79 Å². The maximum atomic E-state index is 12.0. The Labute approximate surface area is 138 Å². The van der Waals surface area contributed by atoms with Crippen LogP contribution in [0.1, 0.15) is 36.5 Å². The maximum absolute atomic E-state index is 12.0. The maximum Gasteiger partial charge on any atom is 0.262 e. The molecule has 0 fully saturated rings. The summed E-state index contributed by atoms with van der Waals surface area (Å²) in [7, 11) is 0. The number of amides is 1. The van der Waals surface area contributed by atoms with E-state index in [1.807, 2.05) is 44.2 Å². The molecule has 1 N–H and O–H groups in total. The van der Waals surface area contributed by atoms with E-state index >= 15 is 0 Å². The average Bonchev–Trinajstić information content (AvgIpc) is 2.55. The molecule has 0 saturated heterocycles. The minimum Gasteiger partial charge on any atom is -0.483 e. The fraction of sp³-hybridized carbons (Fsp3) is 0.350. The van der Waals surface area contributed by atoms with Gasteiger partial charge in [-0.25, -0.2) is 0 Å². The van der Waals surface area contributed by atoms with E-state index in [9.17, 15) is 4.79 Å². The molecule has 0 heterocycles. The first-order valence-electron chi connectivity index (χ1n) is 8.17. The van der Waals surface area contributed by atoms with E-state index in [-0.39, 0.29) is 12.5 Å². The van der Waals surface area contributed by atoms with Gasteiger partial charge in [0.2, 0.25) is 0 Å². The molecule has 1 amide bonds. The van der Waals surface area contributed by atoms with Crippen molar-refractivity contribution < 1.29 is 9.53 Å². The van der Waals surface area contributed by atoms with Gasteiger partial charge in [0, 0.05) is 5.69 Å².